The van der Waals surface area contributed by atoms with Gasteiger partial charge in [-0.05, 0) is 25.7 Å². The Bertz CT molecular complexity index is 478. The number of nitrogens with one attached hydrogen (secondary N) is 2. The average molecular weight is 327 g/mol. The first-order valence-electron chi connectivity index (χ1n) is 7.66. The zero-order valence-corrected chi connectivity index (χ0v) is 13.6. The molecule has 1 fully saturated rings. The van der Waals surface area contributed by atoms with Gasteiger partial charge in [-0.25, -0.2) is 4.98 Å². The van der Waals surface area contributed by atoms with Crippen LogP contribution < -0.4 is 10.6 Å². The first-order valence-corrected chi connectivity index (χ1v) is 8.04. The maximum absolute atomic E-state index is 12.2. The summed E-state index contributed by atoms with van der Waals surface area (Å²) in [5.74, 6) is 0.160. The molecule has 1 aromatic heterocycles. The van der Waals surface area contributed by atoms with Gasteiger partial charge in [0, 0.05) is 38.0 Å². The predicted molar refractivity (Wildman–Crippen MR) is 84.5 cm³/mol. The minimum atomic E-state index is 0.0796. The first kappa shape index (κ1) is 17.1. The van der Waals surface area contributed by atoms with Gasteiger partial charge < -0.3 is 15.4 Å². The van der Waals surface area contributed by atoms with Crippen molar-refractivity contribution in [2.24, 2.45) is 5.92 Å². The minimum Gasteiger partial charge on any atom is -0.383 e. The lowest BCUT2D eigenvalue weighted by molar-refractivity contribution is -0.126. The smallest absolute Gasteiger partial charge is 0.223 e. The third-order valence-electron chi connectivity index (χ3n) is 3.99. The number of rotatable bonds is 7. The molecule has 1 aliphatic rings. The van der Waals surface area contributed by atoms with Crippen molar-refractivity contribution in [1.82, 2.24) is 20.6 Å². The summed E-state index contributed by atoms with van der Waals surface area (Å²) in [6.07, 6.45) is 6.96. The lowest BCUT2D eigenvalue weighted by atomic mass is 9.85. The van der Waals surface area contributed by atoms with E-state index in [0.717, 1.165) is 38.8 Å². The number of amides is 1. The van der Waals surface area contributed by atoms with E-state index < -0.39 is 0 Å². The summed E-state index contributed by atoms with van der Waals surface area (Å²) in [6.45, 7) is 1.92. The zero-order valence-electron chi connectivity index (χ0n) is 12.8. The van der Waals surface area contributed by atoms with Gasteiger partial charge in [0.05, 0.1) is 18.8 Å². The van der Waals surface area contributed by atoms with Gasteiger partial charge >= 0.3 is 0 Å². The summed E-state index contributed by atoms with van der Waals surface area (Å²) in [5.41, 5.74) is 0.604. The van der Waals surface area contributed by atoms with E-state index in [9.17, 15) is 4.79 Å². The number of ether oxygens (including phenoxy) is 1. The van der Waals surface area contributed by atoms with E-state index >= 15 is 0 Å². The number of nitrogens with zero attached hydrogens (tertiary/aromatic N) is 2. The molecule has 1 aromatic rings. The average Bonchev–Trinajstić information content (AvgIpc) is 2.55. The molecule has 0 aliphatic heterocycles. The molecule has 0 bridgehead atoms. The molecule has 2 rings (SSSR count). The SMILES string of the molecule is COCCNC1CCC(C(=O)NCc2nccnc2Cl)CC1. The van der Waals surface area contributed by atoms with Crippen LogP contribution in [-0.4, -0.2) is 42.2 Å². The molecule has 0 radical (unpaired) electrons. The Morgan fingerprint density at radius 2 is 2.05 bits per heavy atom. The van der Waals surface area contributed by atoms with Crippen LogP contribution in [0.2, 0.25) is 5.15 Å². The Hall–Kier alpha value is -1.24. The normalized spacial score (nSPS) is 21.5. The summed E-state index contributed by atoms with van der Waals surface area (Å²) in [6, 6.07) is 0.494. The quantitative estimate of drug-likeness (QED) is 0.743. The van der Waals surface area contributed by atoms with Crippen LogP contribution in [0.15, 0.2) is 12.4 Å². The van der Waals surface area contributed by atoms with E-state index in [1.807, 2.05) is 0 Å². The fourth-order valence-electron chi connectivity index (χ4n) is 2.71. The van der Waals surface area contributed by atoms with Gasteiger partial charge in [-0.1, -0.05) is 11.6 Å². The highest BCUT2D eigenvalue weighted by Crippen LogP contribution is 2.24. The van der Waals surface area contributed by atoms with Crippen molar-refractivity contribution >= 4 is 17.5 Å². The number of halogens is 1. The Labute approximate surface area is 136 Å². The fourth-order valence-corrected chi connectivity index (χ4v) is 2.88. The summed E-state index contributed by atoms with van der Waals surface area (Å²) < 4.78 is 5.03. The Balaban J connectivity index is 1.70. The van der Waals surface area contributed by atoms with Crippen molar-refractivity contribution in [3.63, 3.8) is 0 Å². The van der Waals surface area contributed by atoms with Crippen molar-refractivity contribution in [3.05, 3.63) is 23.2 Å². The highest BCUT2D eigenvalue weighted by atomic mass is 35.5. The van der Waals surface area contributed by atoms with Gasteiger partial charge in [-0.2, -0.15) is 0 Å². The van der Waals surface area contributed by atoms with Crippen LogP contribution in [0.5, 0.6) is 0 Å². The number of aromatic nitrogens is 2. The van der Waals surface area contributed by atoms with Crippen LogP contribution in [0.1, 0.15) is 31.4 Å². The zero-order chi connectivity index (χ0) is 15.8. The van der Waals surface area contributed by atoms with Crippen LogP contribution >= 0.6 is 11.6 Å². The monoisotopic (exact) mass is 326 g/mol. The van der Waals surface area contributed by atoms with Crippen LogP contribution in [0.3, 0.4) is 0 Å². The number of carbonyl (C=O) groups excluding carboxylic acids is 1. The van der Waals surface area contributed by atoms with Gasteiger partial charge in [-0.15, -0.1) is 0 Å². The molecule has 6 nitrogen and oxygen atoms in total. The van der Waals surface area contributed by atoms with E-state index in [-0.39, 0.29) is 11.8 Å². The van der Waals surface area contributed by atoms with E-state index in [4.69, 9.17) is 16.3 Å². The molecule has 1 aliphatic carbocycles. The molecule has 0 unspecified atom stereocenters. The van der Waals surface area contributed by atoms with Gasteiger partial charge in [0.15, 0.2) is 5.15 Å². The van der Waals surface area contributed by atoms with Gasteiger partial charge in [0.1, 0.15) is 0 Å². The number of carbonyl (C=O) groups is 1. The molecule has 0 aromatic carbocycles. The molecule has 122 valence electrons. The van der Waals surface area contributed by atoms with Crippen molar-refractivity contribution in [2.45, 2.75) is 38.3 Å². The van der Waals surface area contributed by atoms with Crippen molar-refractivity contribution in [2.75, 3.05) is 20.3 Å². The van der Waals surface area contributed by atoms with Crippen molar-refractivity contribution in [3.8, 4) is 0 Å². The van der Waals surface area contributed by atoms with Crippen molar-refractivity contribution < 1.29 is 9.53 Å². The fraction of sp³-hybridized carbons (Fsp3) is 0.667. The second kappa shape index (κ2) is 9.02. The second-order valence-corrected chi connectivity index (χ2v) is 5.87. The molecule has 0 saturated heterocycles. The summed E-state index contributed by atoms with van der Waals surface area (Å²) in [5, 5.41) is 6.71. The molecule has 1 heterocycles. The predicted octanol–water partition coefficient (Wildman–Crippen LogP) is 1.54. The Morgan fingerprint density at radius 3 is 2.73 bits per heavy atom. The van der Waals surface area contributed by atoms with E-state index in [1.165, 1.54) is 6.20 Å². The number of hydrogen-bond acceptors (Lipinski definition) is 5. The number of hydrogen-bond donors (Lipinski definition) is 2. The second-order valence-electron chi connectivity index (χ2n) is 5.51. The Kier molecular flexibility index (Phi) is 7.02. The molecule has 2 N–H and O–H groups in total. The largest absolute Gasteiger partial charge is 0.383 e. The summed E-state index contributed by atoms with van der Waals surface area (Å²) >= 11 is 5.93. The van der Waals surface area contributed by atoms with Crippen molar-refractivity contribution in [1.29, 1.82) is 0 Å². The van der Waals surface area contributed by atoms with Crippen LogP contribution in [0.4, 0.5) is 0 Å². The molecule has 1 amide bonds. The summed E-state index contributed by atoms with van der Waals surface area (Å²) in [4.78, 5) is 20.3. The number of methoxy groups -OCH3 is 1. The minimum absolute atomic E-state index is 0.0796. The lowest BCUT2D eigenvalue weighted by Gasteiger charge is -2.28. The van der Waals surface area contributed by atoms with Gasteiger partial charge in [0.25, 0.3) is 0 Å². The molecule has 1 saturated carbocycles. The summed E-state index contributed by atoms with van der Waals surface area (Å²) in [7, 11) is 1.70. The van der Waals surface area contributed by atoms with E-state index in [2.05, 4.69) is 20.6 Å². The van der Waals surface area contributed by atoms with E-state index in [0.29, 0.717) is 23.4 Å². The molecular weight excluding hydrogens is 304 g/mol. The highest BCUT2D eigenvalue weighted by molar-refractivity contribution is 6.29. The first-order chi connectivity index (χ1) is 10.7. The third kappa shape index (κ3) is 5.19. The Morgan fingerprint density at radius 1 is 1.32 bits per heavy atom. The van der Waals surface area contributed by atoms with E-state index in [1.54, 1.807) is 13.3 Å². The van der Waals surface area contributed by atoms with Crippen LogP contribution in [-0.2, 0) is 16.1 Å². The van der Waals surface area contributed by atoms with Gasteiger partial charge in [-0.3, -0.25) is 9.78 Å². The lowest BCUT2D eigenvalue weighted by Crippen LogP contribution is -2.39. The molecule has 0 spiro atoms. The molecule has 0 atom stereocenters. The highest BCUT2D eigenvalue weighted by Gasteiger charge is 2.25. The third-order valence-corrected chi connectivity index (χ3v) is 4.31. The van der Waals surface area contributed by atoms with Crippen LogP contribution in [0, 0.1) is 5.92 Å². The molecular formula is C15H23ClN4O2. The molecule has 22 heavy (non-hydrogen) atoms. The van der Waals surface area contributed by atoms with Gasteiger partial charge in [0.2, 0.25) is 5.91 Å². The maximum Gasteiger partial charge on any atom is 0.223 e. The maximum atomic E-state index is 12.2. The van der Waals surface area contributed by atoms with Crippen LogP contribution in [0.25, 0.3) is 0 Å². The standard InChI is InChI=1S/C15H23ClN4O2/c1-22-9-8-17-12-4-2-11(3-5-12)15(21)20-10-13-14(16)19-7-6-18-13/h6-7,11-12,17H,2-5,8-10H2,1H3,(H,20,21). The topological polar surface area (TPSA) is 76.1 Å². The molecule has 7 heteroatoms.